The van der Waals surface area contributed by atoms with E-state index in [9.17, 15) is 4.79 Å². The Labute approximate surface area is 104 Å². The summed E-state index contributed by atoms with van der Waals surface area (Å²) in [6.45, 7) is 4.44. The van der Waals surface area contributed by atoms with E-state index in [4.69, 9.17) is 0 Å². The molecular formula is C12H13N3OS. The molecule has 0 aliphatic carbocycles. The smallest absolute Gasteiger partial charge is 0.277 e. The number of carbonyl (C=O) groups excluding carboxylic acids is 1. The van der Waals surface area contributed by atoms with Crippen LogP contribution in [0.25, 0.3) is 0 Å². The van der Waals surface area contributed by atoms with Gasteiger partial charge in [-0.15, -0.1) is 11.3 Å². The largest absolute Gasteiger partial charge is 0.305 e. The Morgan fingerprint density at radius 3 is 2.88 bits per heavy atom. The van der Waals surface area contributed by atoms with Crippen LogP contribution in [0.4, 0.5) is 5.69 Å². The van der Waals surface area contributed by atoms with E-state index in [0.717, 1.165) is 11.4 Å². The van der Waals surface area contributed by atoms with E-state index >= 15 is 0 Å². The first kappa shape index (κ1) is 11.7. The van der Waals surface area contributed by atoms with Crippen LogP contribution in [-0.2, 0) is 0 Å². The number of carbonyl (C=O) groups is 1. The highest BCUT2D eigenvalue weighted by Gasteiger charge is 2.19. The lowest BCUT2D eigenvalue weighted by atomic mass is 10.2. The minimum atomic E-state index is -0.0788. The molecular weight excluding hydrogens is 234 g/mol. The Kier molecular flexibility index (Phi) is 3.49. The summed E-state index contributed by atoms with van der Waals surface area (Å²) in [6, 6.07) is 3.73. The van der Waals surface area contributed by atoms with Crippen LogP contribution in [-0.4, -0.2) is 22.4 Å². The average Bonchev–Trinajstić information content (AvgIpc) is 2.86. The monoisotopic (exact) mass is 247 g/mol. The first-order valence-electron chi connectivity index (χ1n) is 5.35. The first-order chi connectivity index (χ1) is 8.24. The van der Waals surface area contributed by atoms with E-state index in [-0.39, 0.29) is 5.91 Å². The second kappa shape index (κ2) is 5.05. The summed E-state index contributed by atoms with van der Waals surface area (Å²) in [4.78, 5) is 22.2. The summed E-state index contributed by atoms with van der Waals surface area (Å²) >= 11 is 1.42. The number of rotatable bonds is 3. The van der Waals surface area contributed by atoms with Gasteiger partial charge in [0, 0.05) is 18.1 Å². The van der Waals surface area contributed by atoms with Gasteiger partial charge in [0.2, 0.25) is 0 Å². The first-order valence-corrected chi connectivity index (χ1v) is 6.30. The fraction of sp³-hybridized carbons (Fsp3) is 0.250. The molecule has 88 valence electrons. The molecule has 0 N–H and O–H groups in total. The minimum Gasteiger partial charge on any atom is -0.305 e. The Bertz CT molecular complexity index is 510. The lowest BCUT2D eigenvalue weighted by molar-refractivity contribution is 0.0984. The fourth-order valence-electron chi connectivity index (χ4n) is 1.64. The van der Waals surface area contributed by atoms with Gasteiger partial charge in [-0.3, -0.25) is 9.78 Å². The molecule has 17 heavy (non-hydrogen) atoms. The lowest BCUT2D eigenvalue weighted by Crippen LogP contribution is -2.31. The lowest BCUT2D eigenvalue weighted by Gasteiger charge is -2.21. The molecule has 5 heteroatoms. The van der Waals surface area contributed by atoms with Gasteiger partial charge >= 0.3 is 0 Å². The molecule has 2 heterocycles. The molecule has 0 radical (unpaired) electrons. The van der Waals surface area contributed by atoms with Crippen LogP contribution in [0.15, 0.2) is 29.2 Å². The van der Waals surface area contributed by atoms with Gasteiger partial charge in [-0.25, -0.2) is 4.98 Å². The van der Waals surface area contributed by atoms with E-state index in [0.29, 0.717) is 12.2 Å². The summed E-state index contributed by atoms with van der Waals surface area (Å²) in [7, 11) is 0. The van der Waals surface area contributed by atoms with Crippen molar-refractivity contribution < 1.29 is 4.79 Å². The van der Waals surface area contributed by atoms with Crippen molar-refractivity contribution in [2.75, 3.05) is 11.4 Å². The maximum atomic E-state index is 12.2. The predicted octanol–water partition coefficient (Wildman–Crippen LogP) is 2.51. The van der Waals surface area contributed by atoms with Crippen molar-refractivity contribution >= 4 is 22.9 Å². The number of pyridine rings is 1. The summed E-state index contributed by atoms with van der Waals surface area (Å²) in [6.07, 6.45) is 1.72. The van der Waals surface area contributed by atoms with Crippen LogP contribution in [0, 0.1) is 6.92 Å². The van der Waals surface area contributed by atoms with Crippen LogP contribution in [0.1, 0.15) is 23.1 Å². The van der Waals surface area contributed by atoms with Gasteiger partial charge in [-0.1, -0.05) is 0 Å². The molecule has 0 aliphatic heterocycles. The van der Waals surface area contributed by atoms with Crippen LogP contribution in [0.3, 0.4) is 0 Å². The third-order valence-corrected chi connectivity index (χ3v) is 3.07. The van der Waals surface area contributed by atoms with E-state index in [1.807, 2.05) is 26.0 Å². The van der Waals surface area contributed by atoms with Crippen molar-refractivity contribution in [1.82, 2.24) is 9.97 Å². The Morgan fingerprint density at radius 2 is 2.29 bits per heavy atom. The van der Waals surface area contributed by atoms with Crippen molar-refractivity contribution in [3.63, 3.8) is 0 Å². The number of amides is 1. The van der Waals surface area contributed by atoms with E-state index in [2.05, 4.69) is 9.97 Å². The van der Waals surface area contributed by atoms with E-state index in [1.54, 1.807) is 22.0 Å². The molecule has 2 rings (SSSR count). The molecule has 0 atom stereocenters. The fourth-order valence-corrected chi connectivity index (χ4v) is 2.17. The Hall–Kier alpha value is -1.75. The molecule has 0 spiro atoms. The quantitative estimate of drug-likeness (QED) is 0.837. The second-order valence-corrected chi connectivity index (χ2v) is 4.25. The number of hydrogen-bond donors (Lipinski definition) is 0. The molecule has 0 bridgehead atoms. The third kappa shape index (κ3) is 2.34. The SMILES string of the molecule is CCN(C(=O)c1cscn1)c1cccnc1C. The molecule has 4 nitrogen and oxygen atoms in total. The van der Waals surface area contributed by atoms with Gasteiger partial charge in [0.25, 0.3) is 5.91 Å². The number of aromatic nitrogens is 2. The predicted molar refractivity (Wildman–Crippen MR) is 68.4 cm³/mol. The average molecular weight is 247 g/mol. The van der Waals surface area contributed by atoms with Gasteiger partial charge in [-0.05, 0) is 26.0 Å². The number of hydrogen-bond acceptors (Lipinski definition) is 4. The maximum Gasteiger partial charge on any atom is 0.277 e. The van der Waals surface area contributed by atoms with Crippen molar-refractivity contribution in [2.45, 2.75) is 13.8 Å². The molecule has 2 aromatic rings. The van der Waals surface area contributed by atoms with Crippen molar-refractivity contribution in [1.29, 1.82) is 0 Å². The molecule has 0 saturated heterocycles. The highest BCUT2D eigenvalue weighted by atomic mass is 32.1. The van der Waals surface area contributed by atoms with Gasteiger partial charge in [0.15, 0.2) is 0 Å². The zero-order valence-electron chi connectivity index (χ0n) is 9.75. The molecule has 1 amide bonds. The zero-order valence-corrected chi connectivity index (χ0v) is 10.6. The molecule has 0 aromatic carbocycles. The maximum absolute atomic E-state index is 12.2. The Morgan fingerprint density at radius 1 is 1.47 bits per heavy atom. The number of nitrogens with zero attached hydrogens (tertiary/aromatic N) is 3. The number of anilines is 1. The minimum absolute atomic E-state index is 0.0788. The van der Waals surface area contributed by atoms with Crippen LogP contribution < -0.4 is 4.90 Å². The highest BCUT2D eigenvalue weighted by molar-refractivity contribution is 7.07. The van der Waals surface area contributed by atoms with Gasteiger partial charge < -0.3 is 4.90 Å². The highest BCUT2D eigenvalue weighted by Crippen LogP contribution is 2.19. The van der Waals surface area contributed by atoms with E-state index < -0.39 is 0 Å². The standard InChI is InChI=1S/C12H13N3OS/c1-3-15(11-5-4-6-13-9(11)2)12(16)10-7-17-8-14-10/h4-8H,3H2,1-2H3. The molecule has 0 saturated carbocycles. The molecule has 0 fully saturated rings. The van der Waals surface area contributed by atoms with Crippen molar-refractivity contribution in [3.05, 3.63) is 40.6 Å². The van der Waals surface area contributed by atoms with Crippen molar-refractivity contribution in [3.8, 4) is 0 Å². The van der Waals surface area contributed by atoms with Crippen LogP contribution in [0.5, 0.6) is 0 Å². The number of aryl methyl sites for hydroxylation is 1. The normalized spacial score (nSPS) is 10.2. The van der Waals surface area contributed by atoms with Gasteiger partial charge in [0.05, 0.1) is 16.9 Å². The Balaban J connectivity index is 2.35. The summed E-state index contributed by atoms with van der Waals surface area (Å²) in [5, 5.41) is 1.76. The van der Waals surface area contributed by atoms with Crippen LogP contribution >= 0.6 is 11.3 Å². The second-order valence-electron chi connectivity index (χ2n) is 3.53. The third-order valence-electron chi connectivity index (χ3n) is 2.48. The van der Waals surface area contributed by atoms with Crippen LogP contribution in [0.2, 0.25) is 0 Å². The van der Waals surface area contributed by atoms with E-state index in [1.165, 1.54) is 11.3 Å². The zero-order chi connectivity index (χ0) is 12.3. The summed E-state index contributed by atoms with van der Waals surface area (Å²) in [5.41, 5.74) is 3.84. The topological polar surface area (TPSA) is 46.1 Å². The van der Waals surface area contributed by atoms with Crippen molar-refractivity contribution in [2.24, 2.45) is 0 Å². The summed E-state index contributed by atoms with van der Waals surface area (Å²) < 4.78 is 0. The van der Waals surface area contributed by atoms with Gasteiger partial charge in [-0.2, -0.15) is 0 Å². The molecule has 2 aromatic heterocycles. The summed E-state index contributed by atoms with van der Waals surface area (Å²) in [5.74, 6) is -0.0788. The molecule has 0 aliphatic rings. The molecule has 0 unspecified atom stereocenters. The van der Waals surface area contributed by atoms with Gasteiger partial charge in [0.1, 0.15) is 5.69 Å². The number of thiazole rings is 1.